The molecule has 0 aliphatic carbocycles. The molecule has 0 radical (unpaired) electrons. The van der Waals surface area contributed by atoms with Gasteiger partial charge in [-0.3, -0.25) is 4.79 Å². The maximum absolute atomic E-state index is 13.1. The van der Waals surface area contributed by atoms with E-state index in [0.29, 0.717) is 18.4 Å². The highest BCUT2D eigenvalue weighted by molar-refractivity contribution is 6.04. The fraction of sp³-hybridized carbons (Fsp3) is 0.250. The van der Waals surface area contributed by atoms with Crippen molar-refractivity contribution in [2.24, 2.45) is 5.10 Å². The van der Waals surface area contributed by atoms with E-state index in [1.54, 1.807) is 44.2 Å². The molecule has 162 valence electrons. The van der Waals surface area contributed by atoms with E-state index in [1.165, 1.54) is 6.21 Å². The zero-order valence-corrected chi connectivity index (χ0v) is 17.7. The highest BCUT2D eigenvalue weighted by Crippen LogP contribution is 2.15. The molecule has 0 N–H and O–H groups in total. The van der Waals surface area contributed by atoms with Crippen molar-refractivity contribution in [3.63, 3.8) is 0 Å². The minimum Gasteiger partial charge on any atom is -0.463 e. The monoisotopic (exact) mass is 422 g/mol. The van der Waals surface area contributed by atoms with Gasteiger partial charge in [0.15, 0.2) is 5.70 Å². The fourth-order valence-corrected chi connectivity index (χ4v) is 2.65. The second-order valence-electron chi connectivity index (χ2n) is 6.31. The van der Waals surface area contributed by atoms with Crippen molar-refractivity contribution in [3.05, 3.63) is 83.6 Å². The van der Waals surface area contributed by atoms with E-state index in [2.05, 4.69) is 5.10 Å². The molecule has 0 saturated heterocycles. The van der Waals surface area contributed by atoms with Crippen molar-refractivity contribution in [1.29, 1.82) is 0 Å². The summed E-state index contributed by atoms with van der Waals surface area (Å²) in [6.45, 7) is 3.47. The van der Waals surface area contributed by atoms with Crippen molar-refractivity contribution >= 4 is 24.1 Å². The summed E-state index contributed by atoms with van der Waals surface area (Å²) >= 11 is 0. The van der Waals surface area contributed by atoms with Crippen LogP contribution in [0.4, 0.5) is 0 Å². The average Bonchev–Trinajstić information content (AvgIpc) is 2.79. The van der Waals surface area contributed by atoms with Crippen molar-refractivity contribution in [3.8, 4) is 0 Å². The first-order valence-electron chi connectivity index (χ1n) is 10.1. The van der Waals surface area contributed by atoms with E-state index in [0.717, 1.165) is 16.6 Å². The van der Waals surface area contributed by atoms with Gasteiger partial charge in [-0.15, -0.1) is 0 Å². The molecule has 0 aliphatic heterocycles. The molecule has 0 spiro atoms. The molecular weight excluding hydrogens is 396 g/mol. The lowest BCUT2D eigenvalue weighted by Crippen LogP contribution is -2.31. The topological polar surface area (TPSA) is 85.3 Å². The zero-order chi connectivity index (χ0) is 22.5. The number of benzene rings is 2. The van der Waals surface area contributed by atoms with Crippen molar-refractivity contribution in [2.45, 2.75) is 26.7 Å². The molecule has 0 atom stereocenters. The Labute approximate surface area is 182 Å². The summed E-state index contributed by atoms with van der Waals surface area (Å²) in [6, 6.07) is 18.2. The molecular formula is C24H26N2O5. The number of aryl methyl sites for hydroxylation is 1. The third kappa shape index (κ3) is 7.54. The molecule has 0 aliphatic rings. The van der Waals surface area contributed by atoms with Crippen LogP contribution in [0.3, 0.4) is 0 Å². The summed E-state index contributed by atoms with van der Waals surface area (Å²) in [5.74, 6) is -2.18. The first-order valence-corrected chi connectivity index (χ1v) is 10.1. The van der Waals surface area contributed by atoms with Gasteiger partial charge in [-0.25, -0.2) is 9.59 Å². The Hall–Kier alpha value is -3.74. The minimum atomic E-state index is -0.847. The summed E-state index contributed by atoms with van der Waals surface area (Å²) < 4.78 is 9.95. The molecule has 0 saturated carbocycles. The third-order valence-corrected chi connectivity index (χ3v) is 4.07. The molecule has 31 heavy (non-hydrogen) atoms. The molecule has 0 bridgehead atoms. The smallest absolute Gasteiger partial charge is 0.357 e. The molecule has 7 nitrogen and oxygen atoms in total. The van der Waals surface area contributed by atoms with Crippen molar-refractivity contribution in [2.75, 3.05) is 13.2 Å². The second-order valence-corrected chi connectivity index (χ2v) is 6.31. The van der Waals surface area contributed by atoms with Gasteiger partial charge in [-0.2, -0.15) is 10.1 Å². The van der Waals surface area contributed by atoms with E-state index in [4.69, 9.17) is 9.47 Å². The third-order valence-electron chi connectivity index (χ3n) is 4.07. The number of carbonyl (C=O) groups excluding carboxylic acids is 3. The molecule has 0 fully saturated rings. The van der Waals surface area contributed by atoms with Gasteiger partial charge < -0.3 is 9.47 Å². The largest absolute Gasteiger partial charge is 0.463 e. The van der Waals surface area contributed by atoms with Gasteiger partial charge in [-0.1, -0.05) is 48.5 Å². The summed E-state index contributed by atoms with van der Waals surface area (Å²) in [6.07, 6.45) is 3.69. The van der Waals surface area contributed by atoms with Crippen molar-refractivity contribution in [1.82, 2.24) is 5.01 Å². The lowest BCUT2D eigenvalue weighted by Gasteiger charge is -2.19. The number of carbonyl (C=O) groups is 3. The first kappa shape index (κ1) is 23.5. The lowest BCUT2D eigenvalue weighted by atomic mass is 10.1. The van der Waals surface area contributed by atoms with Crippen LogP contribution in [-0.2, 0) is 25.5 Å². The highest BCUT2D eigenvalue weighted by Gasteiger charge is 2.27. The Morgan fingerprint density at radius 3 is 2.13 bits per heavy atom. The number of hydrogen-bond donors (Lipinski definition) is 0. The maximum atomic E-state index is 13.1. The van der Waals surface area contributed by atoms with Crippen LogP contribution >= 0.6 is 0 Å². The number of nitrogens with zero attached hydrogens (tertiary/aromatic N) is 2. The first-order chi connectivity index (χ1) is 15.1. The van der Waals surface area contributed by atoms with Crippen LogP contribution in [0.1, 0.15) is 36.2 Å². The number of esters is 2. The van der Waals surface area contributed by atoms with E-state index >= 15 is 0 Å². The number of rotatable bonds is 10. The molecule has 1 amide bonds. The quantitative estimate of drug-likeness (QED) is 0.252. The zero-order valence-electron chi connectivity index (χ0n) is 17.7. The molecule has 0 aromatic heterocycles. The Bertz CT molecular complexity index is 924. The second kappa shape index (κ2) is 12.7. The van der Waals surface area contributed by atoms with Crippen LogP contribution in [0.5, 0.6) is 0 Å². The van der Waals surface area contributed by atoms with E-state index < -0.39 is 17.8 Å². The van der Waals surface area contributed by atoms with Gasteiger partial charge >= 0.3 is 11.9 Å². The van der Waals surface area contributed by atoms with Crippen LogP contribution in [-0.4, -0.2) is 42.3 Å². The van der Waals surface area contributed by atoms with Crippen molar-refractivity contribution < 1.29 is 23.9 Å². The molecule has 2 aromatic carbocycles. The number of amides is 1. The molecule has 0 heterocycles. The molecule has 2 aromatic rings. The summed E-state index contributed by atoms with van der Waals surface area (Å²) in [7, 11) is 0. The van der Waals surface area contributed by atoms with Crippen LogP contribution in [0.15, 0.2) is 77.5 Å². The number of hydrogen-bond acceptors (Lipinski definition) is 6. The van der Waals surface area contributed by atoms with E-state index in [1.807, 2.05) is 30.3 Å². The molecule has 7 heteroatoms. The van der Waals surface area contributed by atoms with Crippen LogP contribution in [0, 0.1) is 0 Å². The van der Waals surface area contributed by atoms with Gasteiger partial charge in [0, 0.05) is 11.8 Å². The highest BCUT2D eigenvalue weighted by atomic mass is 16.5. The predicted octanol–water partition coefficient (Wildman–Crippen LogP) is 3.76. The van der Waals surface area contributed by atoms with Gasteiger partial charge in [-0.05, 0) is 44.4 Å². The van der Waals surface area contributed by atoms with Crippen LogP contribution in [0.25, 0.3) is 0 Å². The Balaban J connectivity index is 2.34. The van der Waals surface area contributed by atoms with E-state index in [9.17, 15) is 14.4 Å². The Morgan fingerprint density at radius 1 is 0.903 bits per heavy atom. The molecule has 0 unspecified atom stereocenters. The normalized spacial score (nSPS) is 11.2. The molecule has 2 rings (SSSR count). The average molecular weight is 422 g/mol. The summed E-state index contributed by atoms with van der Waals surface area (Å²) in [5, 5.41) is 5.10. The van der Waals surface area contributed by atoms with Gasteiger partial charge in [0.05, 0.1) is 19.3 Å². The minimum absolute atomic E-state index is 0.0735. The fourth-order valence-electron chi connectivity index (χ4n) is 2.65. The number of hydrazone groups is 1. The Morgan fingerprint density at radius 2 is 1.52 bits per heavy atom. The summed E-state index contributed by atoms with van der Waals surface area (Å²) in [4.78, 5) is 37.7. The van der Waals surface area contributed by atoms with E-state index in [-0.39, 0.29) is 18.9 Å². The predicted molar refractivity (Wildman–Crippen MR) is 117 cm³/mol. The van der Waals surface area contributed by atoms with Crippen LogP contribution < -0.4 is 0 Å². The maximum Gasteiger partial charge on any atom is 0.357 e. The van der Waals surface area contributed by atoms with Gasteiger partial charge in [0.2, 0.25) is 0 Å². The SMILES string of the molecule is CCOC(=O)/C=C(/C(=O)OCC)N(/N=C/CCc1ccccc1)C(=O)c1ccccc1. The van der Waals surface area contributed by atoms with Crippen LogP contribution in [0.2, 0.25) is 0 Å². The lowest BCUT2D eigenvalue weighted by molar-refractivity contribution is -0.142. The van der Waals surface area contributed by atoms with Gasteiger partial charge in [0.25, 0.3) is 5.91 Å². The summed E-state index contributed by atoms with van der Waals surface area (Å²) in [5.41, 5.74) is 1.11. The number of ether oxygens (including phenoxy) is 2. The standard InChI is InChI=1S/C24H26N2O5/c1-3-30-22(27)18-21(24(29)31-4-2)26(23(28)20-15-9-6-10-16-20)25-17-11-14-19-12-7-5-8-13-19/h5-10,12-13,15-18H,3-4,11,14H2,1-2H3/b21-18-,25-17+. The Kier molecular flexibility index (Phi) is 9.68. The van der Waals surface area contributed by atoms with Gasteiger partial charge in [0.1, 0.15) is 0 Å².